The van der Waals surface area contributed by atoms with Gasteiger partial charge in [0, 0.05) is 12.8 Å². The van der Waals surface area contributed by atoms with Crippen LogP contribution < -0.4 is 5.11 Å². The fourth-order valence-electron chi connectivity index (χ4n) is 2.68. The smallest absolute Gasteiger partial charge is 0.137 e. The Kier molecular flexibility index (Phi) is 2.53. The first-order valence-corrected chi connectivity index (χ1v) is 6.06. The van der Waals surface area contributed by atoms with Crippen molar-refractivity contribution in [3.8, 4) is 0 Å². The molecule has 0 fully saturated rings. The van der Waals surface area contributed by atoms with Crippen LogP contribution in [0.2, 0.25) is 0 Å². The molecule has 1 aliphatic carbocycles. The highest BCUT2D eigenvalue weighted by atomic mass is 16.3. The van der Waals surface area contributed by atoms with Gasteiger partial charge in [-0.05, 0) is 11.1 Å². The molecule has 2 aromatic rings. The van der Waals surface area contributed by atoms with Crippen molar-refractivity contribution in [2.45, 2.75) is 18.4 Å². The molecule has 0 aliphatic heterocycles. The van der Waals surface area contributed by atoms with Gasteiger partial charge >= 0.3 is 0 Å². The van der Waals surface area contributed by atoms with Crippen molar-refractivity contribution in [3.63, 3.8) is 0 Å². The van der Waals surface area contributed by atoms with Gasteiger partial charge in [-0.15, -0.1) is 0 Å². The first-order chi connectivity index (χ1) is 8.70. The molecule has 0 bridgehead atoms. The summed E-state index contributed by atoms with van der Waals surface area (Å²) in [5, 5.41) is 13.1. The summed E-state index contributed by atoms with van der Waals surface area (Å²) < 4.78 is 0. The van der Waals surface area contributed by atoms with E-state index in [1.807, 2.05) is 54.6 Å². The second-order valence-electron chi connectivity index (χ2n) is 4.74. The van der Waals surface area contributed by atoms with Crippen LogP contribution in [-0.4, -0.2) is 5.78 Å². The van der Waals surface area contributed by atoms with Gasteiger partial charge < -0.3 is 5.11 Å². The highest BCUT2D eigenvalue weighted by Crippen LogP contribution is 2.36. The number of carbonyl (C=O) groups is 1. The summed E-state index contributed by atoms with van der Waals surface area (Å²) in [5.41, 5.74) is 0.863. The van der Waals surface area contributed by atoms with Gasteiger partial charge in [-0.25, -0.2) is 0 Å². The summed E-state index contributed by atoms with van der Waals surface area (Å²) in [5.74, 6) is 0.0209. The maximum absolute atomic E-state index is 13.1. The van der Waals surface area contributed by atoms with Crippen LogP contribution >= 0.6 is 0 Å². The van der Waals surface area contributed by atoms with Crippen molar-refractivity contribution in [2.24, 2.45) is 0 Å². The van der Waals surface area contributed by atoms with E-state index in [2.05, 4.69) is 0 Å². The maximum atomic E-state index is 13.1. The van der Waals surface area contributed by atoms with Gasteiger partial charge in [-0.3, -0.25) is 4.79 Å². The summed E-state index contributed by atoms with van der Waals surface area (Å²) in [6.45, 7) is 0. The van der Waals surface area contributed by atoms with Gasteiger partial charge in [-0.1, -0.05) is 65.8 Å². The van der Waals surface area contributed by atoms with E-state index in [0.717, 1.165) is 11.1 Å². The minimum atomic E-state index is -1.42. The molecular formula is C16H13O2-. The highest BCUT2D eigenvalue weighted by Gasteiger charge is 2.31. The molecule has 0 spiro atoms. The normalized spacial score (nSPS) is 22.6. The molecule has 1 atom stereocenters. The lowest BCUT2D eigenvalue weighted by Crippen LogP contribution is -2.47. The van der Waals surface area contributed by atoms with Gasteiger partial charge in [-0.2, -0.15) is 0 Å². The lowest BCUT2D eigenvalue weighted by molar-refractivity contribution is -0.471. The summed E-state index contributed by atoms with van der Waals surface area (Å²) in [4.78, 5) is 11.8. The molecular weight excluding hydrogens is 224 g/mol. The minimum Gasteiger partial charge on any atom is -0.842 e. The van der Waals surface area contributed by atoms with E-state index in [0.29, 0.717) is 12.0 Å². The summed E-state index contributed by atoms with van der Waals surface area (Å²) in [6, 6.07) is 16.7. The molecule has 1 aliphatic rings. The molecule has 18 heavy (non-hydrogen) atoms. The van der Waals surface area contributed by atoms with Gasteiger partial charge in [0.05, 0.1) is 0 Å². The molecule has 0 saturated heterocycles. The lowest BCUT2D eigenvalue weighted by atomic mass is 9.74. The number of ketones is 1. The summed E-state index contributed by atoms with van der Waals surface area (Å²) in [6.07, 6.45) is 0.432. The molecule has 1 unspecified atom stereocenters. The molecule has 3 rings (SSSR count). The Balaban J connectivity index is 2.21. The van der Waals surface area contributed by atoms with Crippen molar-refractivity contribution < 1.29 is 9.90 Å². The van der Waals surface area contributed by atoms with Crippen LogP contribution in [0, 0.1) is 0 Å². The van der Waals surface area contributed by atoms with Crippen LogP contribution in [-0.2, 0) is 16.8 Å². The second-order valence-corrected chi connectivity index (χ2v) is 4.74. The molecule has 0 heterocycles. The largest absolute Gasteiger partial charge is 0.842 e. The zero-order valence-electron chi connectivity index (χ0n) is 9.93. The molecule has 0 aromatic heterocycles. The number of fused-ring (bicyclic) bond motifs is 1. The highest BCUT2D eigenvalue weighted by molar-refractivity contribution is 5.85. The molecule has 0 amide bonds. The third kappa shape index (κ3) is 1.66. The van der Waals surface area contributed by atoms with E-state index < -0.39 is 5.60 Å². The SMILES string of the molecule is O=C1Cc2ccccc2C([O-])(c2ccccc2)C1. The van der Waals surface area contributed by atoms with Crippen molar-refractivity contribution >= 4 is 5.78 Å². The summed E-state index contributed by atoms with van der Waals surface area (Å²) >= 11 is 0. The average molecular weight is 237 g/mol. The van der Waals surface area contributed by atoms with E-state index in [-0.39, 0.29) is 12.2 Å². The standard InChI is InChI=1S/C16H13O2/c17-14-10-12-6-4-5-9-15(12)16(18,11-14)13-7-2-1-3-8-13/h1-9H,10-11H2/q-1. The van der Waals surface area contributed by atoms with Crippen LogP contribution in [0.3, 0.4) is 0 Å². The number of hydrogen-bond acceptors (Lipinski definition) is 2. The van der Waals surface area contributed by atoms with Crippen LogP contribution in [0.25, 0.3) is 0 Å². The number of carbonyl (C=O) groups excluding carboxylic acids is 1. The Morgan fingerprint density at radius 2 is 1.61 bits per heavy atom. The molecule has 0 N–H and O–H groups in total. The molecule has 90 valence electrons. The topological polar surface area (TPSA) is 40.1 Å². The van der Waals surface area contributed by atoms with Crippen LogP contribution in [0.5, 0.6) is 0 Å². The van der Waals surface area contributed by atoms with Gasteiger partial charge in [0.15, 0.2) is 0 Å². The quantitative estimate of drug-likeness (QED) is 0.758. The van der Waals surface area contributed by atoms with E-state index >= 15 is 0 Å². The molecule has 2 aromatic carbocycles. The predicted octanol–water partition coefficient (Wildman–Crippen LogP) is 1.81. The lowest BCUT2D eigenvalue weighted by Gasteiger charge is -2.45. The van der Waals surface area contributed by atoms with Gasteiger partial charge in [0.25, 0.3) is 0 Å². The second kappa shape index (κ2) is 4.07. The first kappa shape index (κ1) is 11.2. The van der Waals surface area contributed by atoms with Crippen LogP contribution in [0.1, 0.15) is 23.1 Å². The fourth-order valence-corrected chi connectivity index (χ4v) is 2.68. The maximum Gasteiger partial charge on any atom is 0.137 e. The zero-order valence-corrected chi connectivity index (χ0v) is 9.93. The third-order valence-corrected chi connectivity index (χ3v) is 3.53. The van der Waals surface area contributed by atoms with Gasteiger partial charge in [0.1, 0.15) is 5.78 Å². The molecule has 0 radical (unpaired) electrons. The van der Waals surface area contributed by atoms with E-state index in [4.69, 9.17) is 0 Å². The predicted molar refractivity (Wildman–Crippen MR) is 67.0 cm³/mol. The van der Waals surface area contributed by atoms with E-state index in [1.165, 1.54) is 0 Å². The Morgan fingerprint density at radius 3 is 2.39 bits per heavy atom. The molecule has 2 nitrogen and oxygen atoms in total. The molecule has 0 saturated carbocycles. The first-order valence-electron chi connectivity index (χ1n) is 6.06. The van der Waals surface area contributed by atoms with Crippen molar-refractivity contribution in [2.75, 3.05) is 0 Å². The van der Waals surface area contributed by atoms with Crippen LogP contribution in [0.15, 0.2) is 54.6 Å². The Hall–Kier alpha value is -1.93. The zero-order chi connectivity index (χ0) is 12.6. The Labute approximate surface area is 106 Å². The molecule has 2 heteroatoms. The number of benzene rings is 2. The van der Waals surface area contributed by atoms with Crippen molar-refractivity contribution in [1.82, 2.24) is 0 Å². The third-order valence-electron chi connectivity index (χ3n) is 3.53. The number of Topliss-reactive ketones (excluding diaryl/α,β-unsaturated/α-hetero) is 1. The number of rotatable bonds is 1. The monoisotopic (exact) mass is 237 g/mol. The van der Waals surface area contributed by atoms with Gasteiger partial charge in [0.2, 0.25) is 0 Å². The Bertz CT molecular complexity index is 589. The van der Waals surface area contributed by atoms with E-state index in [9.17, 15) is 9.90 Å². The van der Waals surface area contributed by atoms with E-state index in [1.54, 1.807) is 0 Å². The fraction of sp³-hybridized carbons (Fsp3) is 0.188. The van der Waals surface area contributed by atoms with Crippen LogP contribution in [0.4, 0.5) is 0 Å². The van der Waals surface area contributed by atoms with Crippen molar-refractivity contribution in [1.29, 1.82) is 0 Å². The van der Waals surface area contributed by atoms with Crippen molar-refractivity contribution in [3.05, 3.63) is 71.3 Å². The number of hydrogen-bond donors (Lipinski definition) is 0. The Morgan fingerprint density at radius 1 is 0.944 bits per heavy atom. The minimum absolute atomic E-state index is 0.0209. The summed E-state index contributed by atoms with van der Waals surface area (Å²) in [7, 11) is 0. The average Bonchev–Trinajstić information content (AvgIpc) is 2.39.